The molecule has 2 aliphatic rings. The Hall–Kier alpha value is -1.40. The van der Waals surface area contributed by atoms with Crippen molar-refractivity contribution < 1.29 is 32.4 Å². The SMILES string of the molecule is Cc1cccc(OCC(=O)OCC2COP3(=O)OCCC2O3)c1C. The standard InChI is InChI=1S/C16H21O7P/c1-11-4-3-5-14(12(11)2)19-10-16(17)20-8-13-9-22-24(18)21-7-6-15(13)23-24/h3-5,13,15H,6-10H2,1-2H3. The van der Waals surface area contributed by atoms with Crippen LogP contribution >= 0.6 is 7.82 Å². The van der Waals surface area contributed by atoms with E-state index in [-0.39, 0.29) is 31.8 Å². The molecule has 2 heterocycles. The molecule has 7 nitrogen and oxygen atoms in total. The summed E-state index contributed by atoms with van der Waals surface area (Å²) in [6.45, 7) is 4.41. The third-order valence-corrected chi connectivity index (χ3v) is 5.74. The van der Waals surface area contributed by atoms with Gasteiger partial charge < -0.3 is 9.47 Å². The summed E-state index contributed by atoms with van der Waals surface area (Å²) in [6.07, 6.45) is 0.334. The molecule has 1 aromatic rings. The fourth-order valence-corrected chi connectivity index (χ4v) is 4.14. The minimum Gasteiger partial charge on any atom is -0.482 e. The molecule has 0 amide bonds. The van der Waals surface area contributed by atoms with Crippen molar-refractivity contribution in [2.75, 3.05) is 26.4 Å². The van der Waals surface area contributed by atoms with Crippen molar-refractivity contribution >= 4 is 13.8 Å². The third kappa shape index (κ3) is 3.98. The summed E-state index contributed by atoms with van der Waals surface area (Å²) in [4.78, 5) is 11.9. The van der Waals surface area contributed by atoms with Gasteiger partial charge in [0.25, 0.3) is 0 Å². The maximum Gasteiger partial charge on any atom is 0.475 e. The highest BCUT2D eigenvalue weighted by molar-refractivity contribution is 7.48. The maximum atomic E-state index is 11.9. The van der Waals surface area contributed by atoms with E-state index in [1.54, 1.807) is 0 Å². The molecule has 24 heavy (non-hydrogen) atoms. The van der Waals surface area contributed by atoms with Gasteiger partial charge in [0.1, 0.15) is 5.75 Å². The van der Waals surface area contributed by atoms with Crippen LogP contribution in [0.1, 0.15) is 17.5 Å². The summed E-state index contributed by atoms with van der Waals surface area (Å²) in [7, 11) is -3.38. The summed E-state index contributed by atoms with van der Waals surface area (Å²) in [5.74, 6) is 0.0546. The van der Waals surface area contributed by atoms with Crippen LogP contribution in [-0.2, 0) is 27.7 Å². The largest absolute Gasteiger partial charge is 0.482 e. The van der Waals surface area contributed by atoms with Crippen molar-refractivity contribution in [1.82, 2.24) is 0 Å². The van der Waals surface area contributed by atoms with E-state index in [1.165, 1.54) is 0 Å². The zero-order chi connectivity index (χ0) is 17.2. The fraction of sp³-hybridized carbons (Fsp3) is 0.562. The Morgan fingerprint density at radius 2 is 2.17 bits per heavy atom. The van der Waals surface area contributed by atoms with Crippen LogP contribution in [0.3, 0.4) is 0 Å². The van der Waals surface area contributed by atoms with Gasteiger partial charge in [0.2, 0.25) is 0 Å². The highest BCUT2D eigenvalue weighted by Crippen LogP contribution is 2.57. The van der Waals surface area contributed by atoms with E-state index in [4.69, 9.17) is 23.0 Å². The lowest BCUT2D eigenvalue weighted by atomic mass is 10.0. The van der Waals surface area contributed by atoms with Crippen molar-refractivity contribution in [3.63, 3.8) is 0 Å². The van der Waals surface area contributed by atoms with Gasteiger partial charge in [0.05, 0.1) is 25.9 Å². The molecule has 8 heteroatoms. The molecule has 0 spiro atoms. The minimum absolute atomic E-state index is 0.139. The first kappa shape index (κ1) is 17.4. The summed E-state index contributed by atoms with van der Waals surface area (Å²) in [6, 6.07) is 5.68. The van der Waals surface area contributed by atoms with E-state index < -0.39 is 13.8 Å². The number of hydrogen-bond donors (Lipinski definition) is 0. The normalized spacial score (nSPS) is 29.1. The van der Waals surface area contributed by atoms with Crippen molar-refractivity contribution in [2.45, 2.75) is 26.4 Å². The first-order valence-electron chi connectivity index (χ1n) is 7.89. The number of fused-ring (bicyclic) bond motifs is 2. The predicted octanol–water partition coefficient (Wildman–Crippen LogP) is 2.79. The molecule has 2 bridgehead atoms. The average molecular weight is 356 g/mol. The van der Waals surface area contributed by atoms with Crippen molar-refractivity contribution in [1.29, 1.82) is 0 Å². The minimum atomic E-state index is -3.38. The summed E-state index contributed by atoms with van der Waals surface area (Å²) in [5, 5.41) is 0. The summed E-state index contributed by atoms with van der Waals surface area (Å²) >= 11 is 0. The summed E-state index contributed by atoms with van der Waals surface area (Å²) < 4.78 is 38.1. The molecule has 0 saturated carbocycles. The fourth-order valence-electron chi connectivity index (χ4n) is 2.63. The molecular formula is C16H21O7P. The van der Waals surface area contributed by atoms with Gasteiger partial charge in [-0.1, -0.05) is 12.1 Å². The number of benzene rings is 1. The monoisotopic (exact) mass is 356 g/mol. The van der Waals surface area contributed by atoms with Gasteiger partial charge in [-0.2, -0.15) is 0 Å². The molecular weight excluding hydrogens is 335 g/mol. The number of phosphoric ester groups is 1. The number of phosphoric acid groups is 1. The van der Waals surface area contributed by atoms with E-state index in [9.17, 15) is 9.36 Å². The van der Waals surface area contributed by atoms with Crippen LogP contribution in [0, 0.1) is 19.8 Å². The molecule has 3 atom stereocenters. The molecule has 3 rings (SSSR count). The first-order chi connectivity index (χ1) is 11.5. The molecule has 2 aliphatic heterocycles. The zero-order valence-corrected chi connectivity index (χ0v) is 14.6. The Bertz CT molecular complexity index is 660. The number of ether oxygens (including phenoxy) is 2. The topological polar surface area (TPSA) is 80.3 Å². The second kappa shape index (κ2) is 7.23. The molecule has 132 valence electrons. The smallest absolute Gasteiger partial charge is 0.475 e. The molecule has 0 radical (unpaired) electrons. The second-order valence-electron chi connectivity index (χ2n) is 5.94. The first-order valence-corrected chi connectivity index (χ1v) is 9.35. The maximum absolute atomic E-state index is 11.9. The number of aryl methyl sites for hydroxylation is 1. The Balaban J connectivity index is 1.46. The average Bonchev–Trinajstić information content (AvgIpc) is 2.55. The van der Waals surface area contributed by atoms with Crippen molar-refractivity contribution in [3.8, 4) is 5.75 Å². The van der Waals surface area contributed by atoms with Crippen LogP contribution in [-0.4, -0.2) is 38.5 Å². The van der Waals surface area contributed by atoms with Gasteiger partial charge in [-0.05, 0) is 37.5 Å². The van der Waals surface area contributed by atoms with Gasteiger partial charge in [0.15, 0.2) is 6.61 Å². The Morgan fingerprint density at radius 3 is 3.00 bits per heavy atom. The van der Waals surface area contributed by atoms with E-state index >= 15 is 0 Å². The number of hydrogen-bond acceptors (Lipinski definition) is 7. The van der Waals surface area contributed by atoms with E-state index in [0.717, 1.165) is 11.1 Å². The van der Waals surface area contributed by atoms with Crippen LogP contribution in [0.5, 0.6) is 5.75 Å². The highest BCUT2D eigenvalue weighted by Gasteiger charge is 2.44. The van der Waals surface area contributed by atoms with Crippen LogP contribution in [0.2, 0.25) is 0 Å². The van der Waals surface area contributed by atoms with Gasteiger partial charge in [-0.15, -0.1) is 0 Å². The highest BCUT2D eigenvalue weighted by atomic mass is 31.2. The Kier molecular flexibility index (Phi) is 5.25. The lowest BCUT2D eigenvalue weighted by Gasteiger charge is -2.38. The van der Waals surface area contributed by atoms with Crippen molar-refractivity contribution in [2.24, 2.45) is 5.92 Å². The molecule has 0 aliphatic carbocycles. The van der Waals surface area contributed by atoms with Crippen LogP contribution in [0.25, 0.3) is 0 Å². The third-order valence-electron chi connectivity index (χ3n) is 4.25. The van der Waals surface area contributed by atoms with E-state index in [0.29, 0.717) is 18.8 Å². The van der Waals surface area contributed by atoms with Gasteiger partial charge in [-0.3, -0.25) is 13.6 Å². The lowest BCUT2D eigenvalue weighted by molar-refractivity contribution is -0.151. The number of carbonyl (C=O) groups excluding carboxylic acids is 1. The zero-order valence-electron chi connectivity index (χ0n) is 13.7. The lowest BCUT2D eigenvalue weighted by Crippen LogP contribution is -2.39. The molecule has 2 saturated heterocycles. The molecule has 3 unspecified atom stereocenters. The molecule has 0 N–H and O–H groups in total. The number of esters is 1. The van der Waals surface area contributed by atoms with Gasteiger partial charge in [-0.25, -0.2) is 9.36 Å². The second-order valence-corrected chi connectivity index (χ2v) is 7.56. The predicted molar refractivity (Wildman–Crippen MR) is 84.9 cm³/mol. The molecule has 0 aromatic heterocycles. The Morgan fingerprint density at radius 1 is 1.33 bits per heavy atom. The van der Waals surface area contributed by atoms with Crippen LogP contribution in [0.15, 0.2) is 18.2 Å². The quantitative estimate of drug-likeness (QED) is 0.593. The van der Waals surface area contributed by atoms with Crippen LogP contribution in [0.4, 0.5) is 0 Å². The number of rotatable bonds is 5. The van der Waals surface area contributed by atoms with E-state index in [1.807, 2.05) is 32.0 Å². The molecule has 1 aromatic carbocycles. The molecule has 2 fully saturated rings. The van der Waals surface area contributed by atoms with Crippen molar-refractivity contribution in [3.05, 3.63) is 29.3 Å². The van der Waals surface area contributed by atoms with Crippen LogP contribution < -0.4 is 4.74 Å². The van der Waals surface area contributed by atoms with Gasteiger partial charge >= 0.3 is 13.8 Å². The van der Waals surface area contributed by atoms with Gasteiger partial charge in [0, 0.05) is 5.92 Å². The summed E-state index contributed by atoms with van der Waals surface area (Å²) in [5.41, 5.74) is 2.10. The van der Waals surface area contributed by atoms with E-state index in [2.05, 4.69) is 0 Å². The Labute approximate surface area is 140 Å². The number of carbonyl (C=O) groups is 1.